The summed E-state index contributed by atoms with van der Waals surface area (Å²) in [5.41, 5.74) is 0. The lowest BCUT2D eigenvalue weighted by Crippen LogP contribution is -2.24. The van der Waals surface area contributed by atoms with E-state index in [9.17, 15) is 9.59 Å². The molecule has 0 unspecified atom stereocenters. The van der Waals surface area contributed by atoms with E-state index < -0.39 is 11.9 Å². The molecule has 1 heterocycles. The van der Waals surface area contributed by atoms with Crippen LogP contribution in [0.5, 0.6) is 0 Å². The minimum Gasteiger partial charge on any atom is -0.478 e. The Balaban J connectivity index is 0. The van der Waals surface area contributed by atoms with Crippen LogP contribution in [0.3, 0.4) is 0 Å². The highest BCUT2D eigenvalue weighted by atomic mass is 35.5. The van der Waals surface area contributed by atoms with E-state index in [0.717, 1.165) is 12.2 Å². The molecule has 0 aromatic rings. The highest BCUT2D eigenvalue weighted by molar-refractivity contribution is 7.99. The van der Waals surface area contributed by atoms with E-state index >= 15 is 0 Å². The van der Waals surface area contributed by atoms with E-state index in [1.807, 2.05) is 11.8 Å². The average molecular weight is 284 g/mol. The topological polar surface area (TPSA) is 75.6 Å². The first kappa shape index (κ1) is 18.6. The highest BCUT2D eigenvalue weighted by Crippen LogP contribution is 1.99. The molecule has 1 fully saturated rings. The lowest BCUT2D eigenvalue weighted by molar-refractivity contribution is -0.138. The van der Waals surface area contributed by atoms with Crippen molar-refractivity contribution in [2.75, 3.05) is 31.2 Å². The second kappa shape index (κ2) is 13.3. The van der Waals surface area contributed by atoms with Gasteiger partial charge in [0.05, 0.1) is 6.61 Å². The molecule has 1 aliphatic rings. The maximum absolute atomic E-state index is 10.4. The van der Waals surface area contributed by atoms with Gasteiger partial charge in [0.15, 0.2) is 0 Å². The van der Waals surface area contributed by atoms with E-state index in [4.69, 9.17) is 5.11 Å². The summed E-state index contributed by atoms with van der Waals surface area (Å²) >= 11 is 2.03. The van der Waals surface area contributed by atoms with Crippen LogP contribution in [0.25, 0.3) is 0 Å². The predicted molar refractivity (Wildman–Crippen MR) is 70.9 cm³/mol. The van der Waals surface area contributed by atoms with E-state index in [-0.39, 0.29) is 19.0 Å². The van der Waals surface area contributed by atoms with Crippen LogP contribution in [0.2, 0.25) is 0 Å². The molecule has 1 aliphatic heterocycles. The van der Waals surface area contributed by atoms with Gasteiger partial charge in [0.1, 0.15) is 0 Å². The van der Waals surface area contributed by atoms with Crippen LogP contribution in [0, 0.1) is 0 Å². The first-order chi connectivity index (χ1) is 7.66. The van der Waals surface area contributed by atoms with Crippen molar-refractivity contribution in [1.82, 2.24) is 5.32 Å². The normalized spacial score (nSPS) is 14.2. The third kappa shape index (κ3) is 15.3. The lowest BCUT2D eigenvalue weighted by Gasteiger charge is -2.08. The molecule has 0 saturated carbocycles. The molecule has 0 aliphatic carbocycles. The van der Waals surface area contributed by atoms with Crippen LogP contribution in [0.15, 0.2) is 12.2 Å². The number of aliphatic carboxylic acids is 1. The van der Waals surface area contributed by atoms with Crippen molar-refractivity contribution in [1.29, 1.82) is 0 Å². The third-order valence-electron chi connectivity index (χ3n) is 1.49. The molecular formula is C10H18ClNO4S. The summed E-state index contributed by atoms with van der Waals surface area (Å²) in [7, 11) is 0. The van der Waals surface area contributed by atoms with Gasteiger partial charge in [-0.3, -0.25) is 0 Å². The molecule has 17 heavy (non-hydrogen) atoms. The summed E-state index contributed by atoms with van der Waals surface area (Å²) in [6, 6.07) is 0. The molecule has 5 nitrogen and oxygen atoms in total. The predicted octanol–water partition coefficient (Wildman–Crippen LogP) is 0.935. The zero-order valence-corrected chi connectivity index (χ0v) is 11.3. The fraction of sp³-hybridized carbons (Fsp3) is 0.600. The number of thioether (sulfide) groups is 1. The lowest BCUT2D eigenvalue weighted by atomic mass is 10.5. The number of carbonyl (C=O) groups excluding carboxylic acids is 1. The molecule has 0 atom stereocenters. The standard InChI is InChI=1S/C6H8O4.C4H9NS.ClH/c1-2-10-6(9)4-3-5(7)8;1-3-6-4-2-5-1;/h3-4H,2H2,1H3,(H,7,8);5H,1-4H2;1H/b4-3+;;. The Kier molecular flexibility index (Phi) is 14.6. The molecule has 1 rings (SSSR count). The van der Waals surface area contributed by atoms with Gasteiger partial charge < -0.3 is 15.2 Å². The van der Waals surface area contributed by atoms with Crippen molar-refractivity contribution in [3.63, 3.8) is 0 Å². The Bertz CT molecular complexity index is 233. The summed E-state index contributed by atoms with van der Waals surface area (Å²) in [6.45, 7) is 4.32. The molecule has 0 amide bonds. The maximum Gasteiger partial charge on any atom is 0.330 e. The number of halogens is 1. The number of esters is 1. The van der Waals surface area contributed by atoms with E-state index in [1.165, 1.54) is 24.6 Å². The van der Waals surface area contributed by atoms with Crippen LogP contribution in [-0.2, 0) is 14.3 Å². The summed E-state index contributed by atoms with van der Waals surface area (Å²) in [6.07, 6.45) is 1.60. The van der Waals surface area contributed by atoms with Gasteiger partial charge in [0.25, 0.3) is 0 Å². The van der Waals surface area contributed by atoms with Crippen LogP contribution in [-0.4, -0.2) is 48.2 Å². The molecule has 0 bridgehead atoms. The van der Waals surface area contributed by atoms with Gasteiger partial charge in [-0.05, 0) is 6.92 Å². The van der Waals surface area contributed by atoms with E-state index in [0.29, 0.717) is 0 Å². The zero-order valence-electron chi connectivity index (χ0n) is 9.68. The van der Waals surface area contributed by atoms with Gasteiger partial charge in [0, 0.05) is 36.7 Å². The molecule has 0 aromatic carbocycles. The number of hydrogen-bond acceptors (Lipinski definition) is 5. The number of ether oxygens (including phenoxy) is 1. The Labute approximate surface area is 111 Å². The maximum atomic E-state index is 10.4. The minimum atomic E-state index is -1.16. The van der Waals surface area contributed by atoms with Gasteiger partial charge in [-0.25, -0.2) is 9.59 Å². The molecule has 0 spiro atoms. The fourth-order valence-electron chi connectivity index (χ4n) is 0.845. The quantitative estimate of drug-likeness (QED) is 0.593. The van der Waals surface area contributed by atoms with Crippen LogP contribution in [0.1, 0.15) is 6.92 Å². The van der Waals surface area contributed by atoms with Crippen molar-refractivity contribution in [3.05, 3.63) is 12.2 Å². The fourth-order valence-corrected chi connectivity index (χ4v) is 1.63. The zero-order chi connectivity index (χ0) is 12.2. The average Bonchev–Trinajstić information content (AvgIpc) is 2.30. The van der Waals surface area contributed by atoms with Gasteiger partial charge in [-0.1, -0.05) is 0 Å². The number of carboxylic acid groups (broad SMARTS) is 1. The van der Waals surface area contributed by atoms with Gasteiger partial charge >= 0.3 is 11.9 Å². The second-order valence-corrected chi connectivity index (χ2v) is 4.01. The summed E-state index contributed by atoms with van der Waals surface area (Å²) in [4.78, 5) is 20.2. The Hall–Kier alpha value is -0.720. The third-order valence-corrected chi connectivity index (χ3v) is 2.48. The van der Waals surface area contributed by atoms with Gasteiger partial charge in [-0.15, -0.1) is 12.4 Å². The molecule has 0 aromatic heterocycles. The van der Waals surface area contributed by atoms with Gasteiger partial charge in [0.2, 0.25) is 0 Å². The largest absolute Gasteiger partial charge is 0.478 e. The Morgan fingerprint density at radius 3 is 2.24 bits per heavy atom. The summed E-state index contributed by atoms with van der Waals surface area (Å²) < 4.78 is 4.40. The molecule has 100 valence electrons. The van der Waals surface area contributed by atoms with Crippen molar-refractivity contribution in [3.8, 4) is 0 Å². The molecule has 7 heteroatoms. The van der Waals surface area contributed by atoms with E-state index in [2.05, 4.69) is 10.1 Å². The first-order valence-electron chi connectivity index (χ1n) is 5.03. The number of nitrogens with one attached hydrogen (secondary N) is 1. The Morgan fingerprint density at radius 2 is 1.94 bits per heavy atom. The molecular weight excluding hydrogens is 266 g/mol. The van der Waals surface area contributed by atoms with Crippen LogP contribution in [0.4, 0.5) is 0 Å². The number of carboxylic acids is 1. The van der Waals surface area contributed by atoms with Crippen molar-refractivity contribution in [2.24, 2.45) is 0 Å². The van der Waals surface area contributed by atoms with Crippen molar-refractivity contribution >= 4 is 36.1 Å². The smallest absolute Gasteiger partial charge is 0.330 e. The highest BCUT2D eigenvalue weighted by Gasteiger charge is 1.94. The molecule has 1 saturated heterocycles. The first-order valence-corrected chi connectivity index (χ1v) is 6.18. The Morgan fingerprint density at radius 1 is 1.35 bits per heavy atom. The molecule has 0 radical (unpaired) electrons. The van der Waals surface area contributed by atoms with Crippen molar-refractivity contribution in [2.45, 2.75) is 6.92 Å². The molecule has 2 N–H and O–H groups in total. The number of hydrogen-bond donors (Lipinski definition) is 2. The minimum absolute atomic E-state index is 0. The summed E-state index contributed by atoms with van der Waals surface area (Å²) in [5.74, 6) is 0.818. The van der Waals surface area contributed by atoms with Gasteiger partial charge in [-0.2, -0.15) is 11.8 Å². The summed E-state index contributed by atoms with van der Waals surface area (Å²) in [5, 5.41) is 11.3. The van der Waals surface area contributed by atoms with Crippen molar-refractivity contribution < 1.29 is 19.4 Å². The number of rotatable bonds is 3. The number of carbonyl (C=O) groups is 2. The monoisotopic (exact) mass is 283 g/mol. The SMILES string of the molecule is C1CSCCN1.CCOC(=O)/C=C/C(=O)O.Cl. The van der Waals surface area contributed by atoms with Crippen LogP contribution < -0.4 is 5.32 Å². The second-order valence-electron chi connectivity index (χ2n) is 2.79. The van der Waals surface area contributed by atoms with Crippen LogP contribution >= 0.6 is 24.2 Å². The van der Waals surface area contributed by atoms with E-state index in [1.54, 1.807) is 6.92 Å².